The molecule has 4 N–H and O–H groups in total. The molecule has 0 aliphatic heterocycles. The average Bonchev–Trinajstić information content (AvgIpc) is 2.91. The van der Waals surface area contributed by atoms with Gasteiger partial charge in [-0.25, -0.2) is 5.48 Å². The van der Waals surface area contributed by atoms with Crippen LogP contribution < -0.4 is 20.9 Å². The molecule has 3 aromatic carbocycles. The van der Waals surface area contributed by atoms with E-state index < -0.39 is 23.8 Å². The van der Waals surface area contributed by atoms with Gasteiger partial charge in [-0.3, -0.25) is 19.6 Å². The number of hydrogen-bond acceptors (Lipinski definition) is 5. The Balaban J connectivity index is 1.62. The first kappa shape index (κ1) is 25.5. The highest BCUT2D eigenvalue weighted by Gasteiger charge is 2.22. The van der Waals surface area contributed by atoms with Crippen LogP contribution in [0.15, 0.2) is 78.9 Å². The van der Waals surface area contributed by atoms with Gasteiger partial charge in [0.2, 0.25) is 11.8 Å². The van der Waals surface area contributed by atoms with Crippen molar-refractivity contribution in [2.24, 2.45) is 0 Å². The zero-order valence-electron chi connectivity index (χ0n) is 19.5. The fourth-order valence-corrected chi connectivity index (χ4v) is 3.57. The molecule has 0 saturated heterocycles. The van der Waals surface area contributed by atoms with E-state index in [0.29, 0.717) is 18.5 Å². The summed E-state index contributed by atoms with van der Waals surface area (Å²) in [5.74, 6) is -0.747. The summed E-state index contributed by atoms with van der Waals surface area (Å²) in [6.45, 7) is 0.344. The minimum absolute atomic E-state index is 0.0330. The fraction of sp³-hybridized carbons (Fsp3) is 0.222. The molecule has 1 atom stereocenters. The SMILES string of the molecule is COc1cccc(CCNC(=O)[C@H](CCC(=O)NO)NC(=O)c2ccc(-c3ccccc3)cc2)c1. The molecule has 0 saturated carbocycles. The number of nitrogens with one attached hydrogen (secondary N) is 3. The lowest BCUT2D eigenvalue weighted by Gasteiger charge is -2.18. The van der Waals surface area contributed by atoms with Crippen LogP contribution >= 0.6 is 0 Å². The van der Waals surface area contributed by atoms with Gasteiger partial charge in [-0.15, -0.1) is 0 Å². The molecule has 0 radical (unpaired) electrons. The van der Waals surface area contributed by atoms with Gasteiger partial charge in [0.15, 0.2) is 0 Å². The number of hydrogen-bond donors (Lipinski definition) is 4. The van der Waals surface area contributed by atoms with E-state index in [1.54, 1.807) is 24.7 Å². The molecule has 3 rings (SSSR count). The smallest absolute Gasteiger partial charge is 0.251 e. The van der Waals surface area contributed by atoms with Crippen molar-refractivity contribution in [2.45, 2.75) is 25.3 Å². The molecule has 35 heavy (non-hydrogen) atoms. The third-order valence-corrected chi connectivity index (χ3v) is 5.51. The monoisotopic (exact) mass is 475 g/mol. The first-order valence-electron chi connectivity index (χ1n) is 11.3. The second kappa shape index (κ2) is 12.9. The van der Waals surface area contributed by atoms with Crippen LogP contribution in [0.5, 0.6) is 5.75 Å². The van der Waals surface area contributed by atoms with Gasteiger partial charge >= 0.3 is 0 Å². The van der Waals surface area contributed by atoms with Crippen molar-refractivity contribution >= 4 is 17.7 Å². The van der Waals surface area contributed by atoms with E-state index >= 15 is 0 Å². The van der Waals surface area contributed by atoms with E-state index in [1.165, 1.54) is 0 Å². The molecule has 3 amide bonds. The van der Waals surface area contributed by atoms with Gasteiger partial charge in [0, 0.05) is 18.5 Å². The lowest BCUT2D eigenvalue weighted by Crippen LogP contribution is -2.47. The summed E-state index contributed by atoms with van der Waals surface area (Å²) in [7, 11) is 1.59. The summed E-state index contributed by atoms with van der Waals surface area (Å²) in [6.07, 6.45) is 0.477. The predicted molar refractivity (Wildman–Crippen MR) is 132 cm³/mol. The first-order chi connectivity index (χ1) is 17.0. The highest BCUT2D eigenvalue weighted by Crippen LogP contribution is 2.19. The Morgan fingerprint density at radius 3 is 2.31 bits per heavy atom. The third kappa shape index (κ3) is 7.68. The maximum atomic E-state index is 12.8. The number of carbonyl (C=O) groups is 3. The van der Waals surface area contributed by atoms with Crippen molar-refractivity contribution in [3.05, 3.63) is 90.0 Å². The van der Waals surface area contributed by atoms with Crippen LogP contribution in [0.3, 0.4) is 0 Å². The van der Waals surface area contributed by atoms with Crippen molar-refractivity contribution in [1.82, 2.24) is 16.1 Å². The first-order valence-corrected chi connectivity index (χ1v) is 11.3. The van der Waals surface area contributed by atoms with Gasteiger partial charge in [-0.05, 0) is 53.8 Å². The molecule has 8 nitrogen and oxygen atoms in total. The number of benzene rings is 3. The van der Waals surface area contributed by atoms with E-state index in [1.807, 2.05) is 66.7 Å². The molecule has 0 heterocycles. The molecule has 0 aliphatic carbocycles. The maximum absolute atomic E-state index is 12.8. The third-order valence-electron chi connectivity index (χ3n) is 5.51. The molecule has 182 valence electrons. The number of ether oxygens (including phenoxy) is 1. The number of carbonyl (C=O) groups excluding carboxylic acids is 3. The Morgan fingerprint density at radius 2 is 1.63 bits per heavy atom. The fourth-order valence-electron chi connectivity index (χ4n) is 3.57. The standard InChI is InChI=1S/C27H29N3O5/c1-35-23-9-5-6-19(18-23)16-17-28-27(33)24(14-15-25(31)30-34)29-26(32)22-12-10-21(11-13-22)20-7-3-2-4-8-20/h2-13,18,24,34H,14-17H2,1H3,(H,28,33)(H,29,32)(H,30,31)/t24-/m0/s1. The molecule has 0 aromatic heterocycles. The minimum Gasteiger partial charge on any atom is -0.497 e. The van der Waals surface area contributed by atoms with E-state index in [0.717, 1.165) is 22.4 Å². The highest BCUT2D eigenvalue weighted by atomic mass is 16.5. The van der Waals surface area contributed by atoms with Crippen LogP contribution in [-0.2, 0) is 16.0 Å². The number of hydroxylamine groups is 1. The van der Waals surface area contributed by atoms with Gasteiger partial charge in [0.1, 0.15) is 11.8 Å². The molecule has 0 aliphatic rings. The van der Waals surface area contributed by atoms with Gasteiger partial charge in [-0.1, -0.05) is 54.6 Å². The van der Waals surface area contributed by atoms with Gasteiger partial charge in [0.05, 0.1) is 7.11 Å². The van der Waals surface area contributed by atoms with Crippen molar-refractivity contribution in [1.29, 1.82) is 0 Å². The minimum atomic E-state index is -0.945. The highest BCUT2D eigenvalue weighted by molar-refractivity contribution is 5.98. The Labute approximate surface area is 204 Å². The van der Waals surface area contributed by atoms with E-state index in [9.17, 15) is 14.4 Å². The summed E-state index contributed by atoms with van der Waals surface area (Å²) in [5.41, 5.74) is 4.93. The van der Waals surface area contributed by atoms with Crippen LogP contribution in [0, 0.1) is 0 Å². The summed E-state index contributed by atoms with van der Waals surface area (Å²) in [5, 5.41) is 14.3. The molecular weight excluding hydrogens is 446 g/mol. The summed E-state index contributed by atoms with van der Waals surface area (Å²) >= 11 is 0. The van der Waals surface area contributed by atoms with Crippen LogP contribution in [-0.4, -0.2) is 42.6 Å². The summed E-state index contributed by atoms with van der Waals surface area (Å²) < 4.78 is 5.21. The van der Waals surface area contributed by atoms with Crippen molar-refractivity contribution in [3.8, 4) is 16.9 Å². The number of amides is 3. The topological polar surface area (TPSA) is 117 Å². The van der Waals surface area contributed by atoms with Crippen molar-refractivity contribution in [2.75, 3.05) is 13.7 Å². The average molecular weight is 476 g/mol. The van der Waals surface area contributed by atoms with Gasteiger partial charge < -0.3 is 15.4 Å². The zero-order valence-corrected chi connectivity index (χ0v) is 19.5. The van der Waals surface area contributed by atoms with E-state index in [2.05, 4.69) is 10.6 Å². The van der Waals surface area contributed by atoms with Crippen molar-refractivity contribution in [3.63, 3.8) is 0 Å². The molecule has 0 spiro atoms. The molecular formula is C27H29N3O5. The van der Waals surface area contributed by atoms with Gasteiger partial charge in [0.25, 0.3) is 5.91 Å². The lowest BCUT2D eigenvalue weighted by molar-refractivity contribution is -0.129. The number of rotatable bonds is 11. The van der Waals surface area contributed by atoms with E-state index in [-0.39, 0.29) is 12.8 Å². The Bertz CT molecular complexity index is 1130. The Morgan fingerprint density at radius 1 is 0.914 bits per heavy atom. The van der Waals surface area contributed by atoms with Crippen LogP contribution in [0.2, 0.25) is 0 Å². The summed E-state index contributed by atoms with van der Waals surface area (Å²) in [6, 6.07) is 23.4. The Kier molecular flexibility index (Phi) is 9.39. The molecule has 0 bridgehead atoms. The zero-order chi connectivity index (χ0) is 25.0. The quantitative estimate of drug-likeness (QED) is 0.251. The lowest BCUT2D eigenvalue weighted by atomic mass is 10.0. The number of methoxy groups -OCH3 is 1. The molecule has 0 fully saturated rings. The van der Waals surface area contributed by atoms with Crippen LogP contribution in [0.1, 0.15) is 28.8 Å². The summed E-state index contributed by atoms with van der Waals surface area (Å²) in [4.78, 5) is 37.2. The van der Waals surface area contributed by atoms with Crippen molar-refractivity contribution < 1.29 is 24.3 Å². The second-order valence-corrected chi connectivity index (χ2v) is 7.94. The maximum Gasteiger partial charge on any atom is 0.251 e. The molecule has 3 aromatic rings. The molecule has 0 unspecified atom stereocenters. The predicted octanol–water partition coefficient (Wildman–Crippen LogP) is 3.11. The van der Waals surface area contributed by atoms with Crippen LogP contribution in [0.25, 0.3) is 11.1 Å². The largest absolute Gasteiger partial charge is 0.497 e. The molecule has 8 heteroatoms. The van der Waals surface area contributed by atoms with Gasteiger partial charge in [-0.2, -0.15) is 0 Å². The van der Waals surface area contributed by atoms with E-state index in [4.69, 9.17) is 9.94 Å². The Hall–Kier alpha value is -4.17. The van der Waals surface area contributed by atoms with Crippen LogP contribution in [0.4, 0.5) is 0 Å². The normalized spacial score (nSPS) is 11.3. The second-order valence-electron chi connectivity index (χ2n) is 7.94.